The highest BCUT2D eigenvalue weighted by Gasteiger charge is 2.22. The van der Waals surface area contributed by atoms with Crippen molar-refractivity contribution in [3.8, 4) is 0 Å². The number of halogens is 1. The third-order valence-corrected chi connectivity index (χ3v) is 4.18. The fourth-order valence-corrected chi connectivity index (χ4v) is 2.87. The van der Waals surface area contributed by atoms with Crippen LogP contribution in [0.15, 0.2) is 0 Å². The first-order valence-electron chi connectivity index (χ1n) is 6.72. The van der Waals surface area contributed by atoms with Gasteiger partial charge < -0.3 is 10.4 Å². The zero-order chi connectivity index (χ0) is 13.1. The summed E-state index contributed by atoms with van der Waals surface area (Å²) in [5, 5.41) is 18.1. The van der Waals surface area contributed by atoms with Crippen LogP contribution in [0.4, 0.5) is 0 Å². The number of nitrogens with zero attached hydrogens (tertiary/aromatic N) is 2. The maximum absolute atomic E-state index is 9.48. The van der Waals surface area contributed by atoms with Gasteiger partial charge in [-0.2, -0.15) is 5.10 Å². The molecular formula is C13H22ClN3O. The Morgan fingerprint density at radius 2 is 2.28 bits per heavy atom. The number of hydrogen-bond acceptors (Lipinski definition) is 3. The SMILES string of the molecule is CCn1nc(C)c(Cl)c1CNCC1CCC(O)C1. The van der Waals surface area contributed by atoms with Gasteiger partial charge in [0.05, 0.1) is 22.5 Å². The molecule has 0 aliphatic heterocycles. The summed E-state index contributed by atoms with van der Waals surface area (Å²) in [7, 11) is 0. The number of aryl methyl sites for hydroxylation is 2. The van der Waals surface area contributed by atoms with Crippen molar-refractivity contribution in [1.29, 1.82) is 0 Å². The van der Waals surface area contributed by atoms with Crippen LogP contribution in [0.1, 0.15) is 37.6 Å². The van der Waals surface area contributed by atoms with Gasteiger partial charge in [-0.1, -0.05) is 11.6 Å². The first-order chi connectivity index (χ1) is 8.61. The molecule has 0 bridgehead atoms. The Balaban J connectivity index is 1.86. The normalized spacial score (nSPS) is 23.8. The molecule has 2 unspecified atom stereocenters. The lowest BCUT2D eigenvalue weighted by atomic mass is 10.1. The van der Waals surface area contributed by atoms with E-state index in [-0.39, 0.29) is 6.10 Å². The van der Waals surface area contributed by atoms with E-state index in [1.807, 2.05) is 11.6 Å². The van der Waals surface area contributed by atoms with Crippen LogP contribution in [0.2, 0.25) is 5.02 Å². The first kappa shape index (κ1) is 13.8. The molecule has 1 aliphatic rings. The molecule has 18 heavy (non-hydrogen) atoms. The lowest BCUT2D eigenvalue weighted by Crippen LogP contribution is -2.23. The minimum atomic E-state index is -0.0937. The lowest BCUT2D eigenvalue weighted by Gasteiger charge is -2.11. The van der Waals surface area contributed by atoms with E-state index >= 15 is 0 Å². The molecular weight excluding hydrogens is 250 g/mol. The molecule has 1 aliphatic carbocycles. The van der Waals surface area contributed by atoms with Gasteiger partial charge in [0.25, 0.3) is 0 Å². The average molecular weight is 272 g/mol. The monoisotopic (exact) mass is 271 g/mol. The fourth-order valence-electron chi connectivity index (χ4n) is 2.67. The van der Waals surface area contributed by atoms with E-state index in [9.17, 15) is 5.11 Å². The number of aliphatic hydroxyl groups excluding tert-OH is 1. The quantitative estimate of drug-likeness (QED) is 0.862. The molecule has 102 valence electrons. The van der Waals surface area contributed by atoms with Crippen LogP contribution in [0, 0.1) is 12.8 Å². The third kappa shape index (κ3) is 3.05. The van der Waals surface area contributed by atoms with Gasteiger partial charge in [0.1, 0.15) is 0 Å². The summed E-state index contributed by atoms with van der Waals surface area (Å²) in [5.41, 5.74) is 1.96. The number of nitrogens with one attached hydrogen (secondary N) is 1. The van der Waals surface area contributed by atoms with Gasteiger partial charge in [-0.05, 0) is 45.6 Å². The molecule has 1 aromatic rings. The number of rotatable bonds is 5. The van der Waals surface area contributed by atoms with Crippen molar-refractivity contribution in [2.45, 2.75) is 52.3 Å². The van der Waals surface area contributed by atoms with Crippen LogP contribution in [0.3, 0.4) is 0 Å². The van der Waals surface area contributed by atoms with Gasteiger partial charge in [0.2, 0.25) is 0 Å². The Labute approximate surface area is 113 Å². The number of hydrogen-bond donors (Lipinski definition) is 2. The zero-order valence-corrected chi connectivity index (χ0v) is 11.9. The number of aliphatic hydroxyl groups is 1. The highest BCUT2D eigenvalue weighted by atomic mass is 35.5. The van der Waals surface area contributed by atoms with Crippen LogP contribution >= 0.6 is 11.6 Å². The molecule has 1 saturated carbocycles. The van der Waals surface area contributed by atoms with E-state index in [0.717, 1.165) is 55.3 Å². The lowest BCUT2D eigenvalue weighted by molar-refractivity contribution is 0.177. The van der Waals surface area contributed by atoms with Crippen molar-refractivity contribution in [2.24, 2.45) is 5.92 Å². The molecule has 5 heteroatoms. The van der Waals surface area contributed by atoms with Crippen LogP contribution in [-0.4, -0.2) is 27.5 Å². The van der Waals surface area contributed by atoms with Crippen molar-refractivity contribution >= 4 is 11.6 Å². The third-order valence-electron chi connectivity index (χ3n) is 3.69. The predicted octanol–water partition coefficient (Wildman–Crippen LogP) is 2.12. The van der Waals surface area contributed by atoms with E-state index in [0.29, 0.717) is 5.92 Å². The second-order valence-electron chi connectivity index (χ2n) is 5.13. The van der Waals surface area contributed by atoms with Gasteiger partial charge in [-0.25, -0.2) is 0 Å². The molecule has 0 spiro atoms. The van der Waals surface area contributed by atoms with Crippen molar-refractivity contribution in [3.63, 3.8) is 0 Å². The molecule has 1 aromatic heterocycles. The summed E-state index contributed by atoms with van der Waals surface area (Å²) >= 11 is 6.25. The van der Waals surface area contributed by atoms with Crippen LogP contribution in [0.5, 0.6) is 0 Å². The molecule has 0 saturated heterocycles. The van der Waals surface area contributed by atoms with Gasteiger partial charge in [0.15, 0.2) is 0 Å². The van der Waals surface area contributed by atoms with Crippen LogP contribution in [-0.2, 0) is 13.1 Å². The maximum Gasteiger partial charge on any atom is 0.0860 e. The van der Waals surface area contributed by atoms with Gasteiger partial charge >= 0.3 is 0 Å². The van der Waals surface area contributed by atoms with Crippen molar-refractivity contribution in [3.05, 3.63) is 16.4 Å². The summed E-state index contributed by atoms with van der Waals surface area (Å²) in [6.45, 7) is 6.54. The molecule has 1 fully saturated rings. The topological polar surface area (TPSA) is 50.1 Å². The van der Waals surface area contributed by atoms with Gasteiger partial charge in [-0.3, -0.25) is 4.68 Å². The Bertz CT molecular complexity index is 405. The molecule has 0 aromatic carbocycles. The predicted molar refractivity (Wildman–Crippen MR) is 72.7 cm³/mol. The van der Waals surface area contributed by atoms with Gasteiger partial charge in [0, 0.05) is 13.1 Å². The van der Waals surface area contributed by atoms with E-state index in [4.69, 9.17) is 11.6 Å². The largest absolute Gasteiger partial charge is 0.393 e. The summed E-state index contributed by atoms with van der Waals surface area (Å²) < 4.78 is 1.95. The molecule has 1 heterocycles. The highest BCUT2D eigenvalue weighted by molar-refractivity contribution is 6.31. The average Bonchev–Trinajstić information content (AvgIpc) is 2.87. The van der Waals surface area contributed by atoms with Crippen molar-refractivity contribution in [2.75, 3.05) is 6.54 Å². The minimum absolute atomic E-state index is 0.0937. The Morgan fingerprint density at radius 3 is 2.89 bits per heavy atom. The Hall–Kier alpha value is -0.580. The van der Waals surface area contributed by atoms with E-state index < -0.39 is 0 Å². The van der Waals surface area contributed by atoms with Crippen molar-refractivity contribution in [1.82, 2.24) is 15.1 Å². The summed E-state index contributed by atoms with van der Waals surface area (Å²) in [6.07, 6.45) is 2.89. The molecule has 4 nitrogen and oxygen atoms in total. The Kier molecular flexibility index (Phi) is 4.65. The number of aromatic nitrogens is 2. The van der Waals surface area contributed by atoms with E-state index in [2.05, 4.69) is 17.3 Å². The standard InChI is InChI=1S/C13H22ClN3O/c1-3-17-12(13(14)9(2)16-17)8-15-7-10-4-5-11(18)6-10/h10-11,15,18H,3-8H2,1-2H3. The summed E-state index contributed by atoms with van der Waals surface area (Å²) in [6, 6.07) is 0. The van der Waals surface area contributed by atoms with Crippen molar-refractivity contribution < 1.29 is 5.11 Å². The van der Waals surface area contributed by atoms with Crippen LogP contribution in [0.25, 0.3) is 0 Å². The van der Waals surface area contributed by atoms with E-state index in [1.165, 1.54) is 0 Å². The summed E-state index contributed by atoms with van der Waals surface area (Å²) in [5.74, 6) is 0.595. The summed E-state index contributed by atoms with van der Waals surface area (Å²) in [4.78, 5) is 0. The zero-order valence-electron chi connectivity index (χ0n) is 11.1. The fraction of sp³-hybridized carbons (Fsp3) is 0.769. The first-order valence-corrected chi connectivity index (χ1v) is 7.10. The highest BCUT2D eigenvalue weighted by Crippen LogP contribution is 2.25. The molecule has 2 N–H and O–H groups in total. The molecule has 2 atom stereocenters. The molecule has 2 rings (SSSR count). The second-order valence-corrected chi connectivity index (χ2v) is 5.50. The maximum atomic E-state index is 9.48. The van der Waals surface area contributed by atoms with E-state index in [1.54, 1.807) is 0 Å². The van der Waals surface area contributed by atoms with Gasteiger partial charge in [-0.15, -0.1) is 0 Å². The smallest absolute Gasteiger partial charge is 0.0860 e. The molecule has 0 radical (unpaired) electrons. The minimum Gasteiger partial charge on any atom is -0.393 e. The van der Waals surface area contributed by atoms with Crippen LogP contribution < -0.4 is 5.32 Å². The Morgan fingerprint density at radius 1 is 1.50 bits per heavy atom. The molecule has 0 amide bonds. The second kappa shape index (κ2) is 6.04.